The fourth-order valence-electron chi connectivity index (χ4n) is 3.03. The van der Waals surface area contributed by atoms with Gasteiger partial charge in [-0.3, -0.25) is 4.90 Å². The second-order valence-corrected chi connectivity index (χ2v) is 6.26. The van der Waals surface area contributed by atoms with Gasteiger partial charge in [0.2, 0.25) is 0 Å². The van der Waals surface area contributed by atoms with Crippen molar-refractivity contribution < 1.29 is 26.3 Å². The quantitative estimate of drug-likeness (QED) is 0.617. The van der Waals surface area contributed by atoms with E-state index in [1.165, 1.54) is 0 Å². The third kappa shape index (κ3) is 4.98. The van der Waals surface area contributed by atoms with E-state index in [9.17, 15) is 26.3 Å². The highest BCUT2D eigenvalue weighted by atomic mass is 19.4. The lowest BCUT2D eigenvalue weighted by atomic mass is 9.92. The lowest BCUT2D eigenvalue weighted by Crippen LogP contribution is -2.45. The summed E-state index contributed by atoms with van der Waals surface area (Å²) in [5, 5.41) is 3.11. The highest BCUT2D eigenvalue weighted by molar-refractivity contribution is 5.38. The molecule has 1 aliphatic rings. The summed E-state index contributed by atoms with van der Waals surface area (Å²) in [5.41, 5.74) is -1.98. The van der Waals surface area contributed by atoms with Gasteiger partial charge in [-0.2, -0.15) is 26.3 Å². The predicted octanol–water partition coefficient (Wildman–Crippen LogP) is 4.64. The average molecular weight is 366 g/mol. The minimum atomic E-state index is -4.86. The van der Waals surface area contributed by atoms with Crippen LogP contribution in [0.3, 0.4) is 0 Å². The van der Waals surface area contributed by atoms with Crippen LogP contribution >= 0.6 is 0 Å². The van der Waals surface area contributed by atoms with Crippen molar-refractivity contribution in [1.29, 1.82) is 0 Å². The molecule has 1 heterocycles. The molecule has 0 saturated carbocycles. The van der Waals surface area contributed by atoms with Gasteiger partial charge >= 0.3 is 12.4 Å². The van der Waals surface area contributed by atoms with Crippen molar-refractivity contribution in [1.82, 2.24) is 10.2 Å². The van der Waals surface area contributed by atoms with Crippen LogP contribution in [-0.2, 0) is 12.4 Å². The summed E-state index contributed by atoms with van der Waals surface area (Å²) in [6, 6.07) is 1.24. The van der Waals surface area contributed by atoms with Gasteiger partial charge in [0, 0.05) is 32.2 Å². The van der Waals surface area contributed by atoms with Crippen molar-refractivity contribution in [2.24, 2.45) is 0 Å². The molecule has 0 aromatic heterocycles. The summed E-state index contributed by atoms with van der Waals surface area (Å²) in [6.45, 7) is 7.75. The van der Waals surface area contributed by atoms with Gasteiger partial charge in [-0.1, -0.05) is 11.6 Å². The Bertz CT molecular complexity index is 615. The van der Waals surface area contributed by atoms with Gasteiger partial charge in [-0.25, -0.2) is 0 Å². The zero-order valence-electron chi connectivity index (χ0n) is 13.8. The molecule has 2 nitrogen and oxygen atoms in total. The predicted molar refractivity (Wildman–Crippen MR) is 83.1 cm³/mol. The lowest BCUT2D eigenvalue weighted by molar-refractivity contribution is -0.143. The molecule has 1 N–H and O–H groups in total. The SMILES string of the molecule is C=C(C)C[C@@H](c1ccc(C(F)(F)F)cc1C(F)(F)F)N1CCNCC1. The van der Waals surface area contributed by atoms with E-state index in [0.29, 0.717) is 31.8 Å². The number of hydrogen-bond acceptors (Lipinski definition) is 2. The van der Waals surface area contributed by atoms with E-state index in [4.69, 9.17) is 0 Å². The van der Waals surface area contributed by atoms with Gasteiger partial charge in [0.15, 0.2) is 0 Å². The number of halogens is 6. The molecule has 25 heavy (non-hydrogen) atoms. The summed E-state index contributed by atoms with van der Waals surface area (Å²) in [7, 11) is 0. The maximum absolute atomic E-state index is 13.5. The molecular weight excluding hydrogens is 346 g/mol. The van der Waals surface area contributed by atoms with Crippen molar-refractivity contribution in [3.8, 4) is 0 Å². The van der Waals surface area contributed by atoms with E-state index in [2.05, 4.69) is 11.9 Å². The maximum Gasteiger partial charge on any atom is 0.416 e. The first-order valence-corrected chi connectivity index (χ1v) is 7.87. The molecule has 2 rings (SSSR count). The molecule has 8 heteroatoms. The van der Waals surface area contributed by atoms with Crippen LogP contribution in [0.15, 0.2) is 30.4 Å². The normalized spacial score (nSPS) is 18.2. The second-order valence-electron chi connectivity index (χ2n) is 6.26. The Balaban J connectivity index is 2.53. The first-order valence-electron chi connectivity index (χ1n) is 7.87. The van der Waals surface area contributed by atoms with Crippen LogP contribution in [0.1, 0.15) is 36.1 Å². The van der Waals surface area contributed by atoms with Gasteiger partial charge in [-0.15, -0.1) is 6.58 Å². The molecule has 1 aromatic rings. The first-order chi connectivity index (χ1) is 11.5. The van der Waals surface area contributed by atoms with E-state index in [1.54, 1.807) is 6.92 Å². The summed E-state index contributed by atoms with van der Waals surface area (Å²) in [4.78, 5) is 1.86. The standard InChI is InChI=1S/C17H20F6N2/c1-11(2)9-15(25-7-5-24-6-8-25)13-4-3-12(16(18,19)20)10-14(13)17(21,22)23/h3-4,10,15,24H,1,5-9H2,2H3/t15-/m0/s1. The van der Waals surface area contributed by atoms with Crippen molar-refractivity contribution >= 4 is 0 Å². The Morgan fingerprint density at radius 2 is 1.72 bits per heavy atom. The molecule has 1 atom stereocenters. The van der Waals surface area contributed by atoms with Crippen LogP contribution in [0.2, 0.25) is 0 Å². The molecule has 0 bridgehead atoms. The third-order valence-electron chi connectivity index (χ3n) is 4.18. The zero-order valence-corrected chi connectivity index (χ0v) is 13.8. The number of nitrogens with zero attached hydrogens (tertiary/aromatic N) is 1. The van der Waals surface area contributed by atoms with Gasteiger partial charge < -0.3 is 5.32 Å². The fourth-order valence-corrected chi connectivity index (χ4v) is 3.03. The minimum absolute atomic E-state index is 0.134. The van der Waals surface area contributed by atoms with Crippen LogP contribution in [0.4, 0.5) is 26.3 Å². The summed E-state index contributed by atoms with van der Waals surface area (Å²) in [5.74, 6) is 0. The Morgan fingerprint density at radius 1 is 1.12 bits per heavy atom. The van der Waals surface area contributed by atoms with E-state index in [-0.39, 0.29) is 18.1 Å². The smallest absolute Gasteiger partial charge is 0.314 e. The largest absolute Gasteiger partial charge is 0.416 e. The Morgan fingerprint density at radius 3 is 2.20 bits per heavy atom. The molecule has 1 aliphatic heterocycles. The van der Waals surface area contributed by atoms with E-state index in [0.717, 1.165) is 12.1 Å². The molecule has 0 amide bonds. The number of alkyl halides is 6. The van der Waals surface area contributed by atoms with E-state index in [1.807, 2.05) is 4.90 Å². The second kappa shape index (κ2) is 7.37. The molecule has 1 fully saturated rings. The van der Waals surface area contributed by atoms with Crippen molar-refractivity contribution in [2.45, 2.75) is 31.7 Å². The van der Waals surface area contributed by atoms with Gasteiger partial charge in [-0.05, 0) is 31.0 Å². The molecule has 1 aromatic carbocycles. The third-order valence-corrected chi connectivity index (χ3v) is 4.18. The highest BCUT2D eigenvalue weighted by Crippen LogP contribution is 2.41. The van der Waals surface area contributed by atoms with Crippen molar-refractivity contribution in [3.63, 3.8) is 0 Å². The zero-order chi connectivity index (χ0) is 18.8. The van der Waals surface area contributed by atoms with Crippen LogP contribution in [0.25, 0.3) is 0 Å². The van der Waals surface area contributed by atoms with E-state index < -0.39 is 29.5 Å². The van der Waals surface area contributed by atoms with Crippen LogP contribution in [-0.4, -0.2) is 31.1 Å². The van der Waals surface area contributed by atoms with E-state index >= 15 is 0 Å². The van der Waals surface area contributed by atoms with Gasteiger partial charge in [0.25, 0.3) is 0 Å². The Kier molecular flexibility index (Phi) is 5.83. The molecule has 0 radical (unpaired) electrons. The topological polar surface area (TPSA) is 15.3 Å². The molecular formula is C17H20F6N2. The molecule has 140 valence electrons. The van der Waals surface area contributed by atoms with Gasteiger partial charge in [0.05, 0.1) is 11.1 Å². The number of rotatable bonds is 4. The minimum Gasteiger partial charge on any atom is -0.314 e. The molecule has 0 spiro atoms. The average Bonchev–Trinajstić information content (AvgIpc) is 2.51. The number of hydrogen-bond donors (Lipinski definition) is 1. The van der Waals surface area contributed by atoms with Crippen molar-refractivity contribution in [2.75, 3.05) is 26.2 Å². The number of piperazine rings is 1. The summed E-state index contributed by atoms with van der Waals surface area (Å²) >= 11 is 0. The highest BCUT2D eigenvalue weighted by Gasteiger charge is 2.40. The van der Waals surface area contributed by atoms with Crippen LogP contribution in [0, 0.1) is 0 Å². The molecule has 0 aliphatic carbocycles. The van der Waals surface area contributed by atoms with Crippen LogP contribution < -0.4 is 5.32 Å². The first kappa shape index (κ1) is 19.8. The number of nitrogens with one attached hydrogen (secondary N) is 1. The van der Waals surface area contributed by atoms with Gasteiger partial charge in [0.1, 0.15) is 0 Å². The Hall–Kier alpha value is -1.54. The maximum atomic E-state index is 13.5. The Labute approximate surface area is 142 Å². The van der Waals surface area contributed by atoms with Crippen molar-refractivity contribution in [3.05, 3.63) is 47.0 Å². The fraction of sp³-hybridized carbons (Fsp3) is 0.529. The molecule has 1 saturated heterocycles. The van der Waals surface area contributed by atoms with Crippen LogP contribution in [0.5, 0.6) is 0 Å². The lowest BCUT2D eigenvalue weighted by Gasteiger charge is -2.36. The summed E-state index contributed by atoms with van der Waals surface area (Å²) in [6.07, 6.45) is -9.43. The number of benzene rings is 1. The monoisotopic (exact) mass is 366 g/mol. The molecule has 0 unspecified atom stereocenters. The summed E-state index contributed by atoms with van der Waals surface area (Å²) < 4.78 is 78.9.